The maximum atomic E-state index is 9.94. The summed E-state index contributed by atoms with van der Waals surface area (Å²) in [6, 6.07) is 6.26. The largest absolute Gasteiger partial charge is 0.390 e. The van der Waals surface area contributed by atoms with Gasteiger partial charge in [-0.15, -0.1) is 0 Å². The Labute approximate surface area is 118 Å². The molecule has 0 heterocycles. The van der Waals surface area contributed by atoms with Crippen LogP contribution in [0, 0.1) is 6.92 Å². The molecule has 0 spiro atoms. The van der Waals surface area contributed by atoms with Gasteiger partial charge in [0, 0.05) is 4.47 Å². The van der Waals surface area contributed by atoms with Gasteiger partial charge in [0.2, 0.25) is 0 Å². The topological polar surface area (TPSA) is 40.5 Å². The highest BCUT2D eigenvalue weighted by Gasteiger charge is 2.19. The predicted molar refractivity (Wildman–Crippen MR) is 78.8 cm³/mol. The van der Waals surface area contributed by atoms with Gasteiger partial charge < -0.3 is 10.2 Å². The van der Waals surface area contributed by atoms with Crippen molar-refractivity contribution >= 4 is 15.9 Å². The summed E-state index contributed by atoms with van der Waals surface area (Å²) in [6.45, 7) is 6.15. The van der Waals surface area contributed by atoms with Crippen LogP contribution in [0.1, 0.15) is 50.2 Å². The van der Waals surface area contributed by atoms with Crippen molar-refractivity contribution in [1.82, 2.24) is 0 Å². The lowest BCUT2D eigenvalue weighted by molar-refractivity contribution is 0.00637. The molecule has 0 aromatic heterocycles. The molecule has 18 heavy (non-hydrogen) atoms. The Morgan fingerprint density at radius 3 is 2.44 bits per heavy atom. The summed E-state index contributed by atoms with van der Waals surface area (Å²) in [4.78, 5) is 0. The average Bonchev–Trinajstić information content (AvgIpc) is 2.32. The van der Waals surface area contributed by atoms with Crippen LogP contribution < -0.4 is 0 Å². The SMILES string of the molecule is CCCC(O)C(O)CC(C)c1ccc(C)c(Br)c1. The zero-order chi connectivity index (χ0) is 13.7. The first-order valence-corrected chi connectivity index (χ1v) is 7.37. The van der Waals surface area contributed by atoms with Crippen molar-refractivity contribution in [3.05, 3.63) is 33.8 Å². The molecule has 2 nitrogen and oxygen atoms in total. The predicted octanol–water partition coefficient (Wildman–Crippen LogP) is 3.77. The first kappa shape index (κ1) is 15.7. The van der Waals surface area contributed by atoms with Crippen molar-refractivity contribution in [3.63, 3.8) is 0 Å². The number of aliphatic hydroxyl groups excluding tert-OH is 2. The van der Waals surface area contributed by atoms with Gasteiger partial charge in [-0.2, -0.15) is 0 Å². The second-order valence-corrected chi connectivity index (χ2v) is 5.92. The van der Waals surface area contributed by atoms with Crippen molar-refractivity contribution in [2.75, 3.05) is 0 Å². The molecule has 0 amide bonds. The highest BCUT2D eigenvalue weighted by Crippen LogP contribution is 2.26. The summed E-state index contributed by atoms with van der Waals surface area (Å²) >= 11 is 3.52. The van der Waals surface area contributed by atoms with Gasteiger partial charge in [-0.25, -0.2) is 0 Å². The zero-order valence-electron chi connectivity index (χ0n) is 11.4. The second-order valence-electron chi connectivity index (χ2n) is 5.07. The van der Waals surface area contributed by atoms with Crippen molar-refractivity contribution in [2.24, 2.45) is 0 Å². The Hall–Kier alpha value is -0.380. The zero-order valence-corrected chi connectivity index (χ0v) is 12.9. The van der Waals surface area contributed by atoms with Crippen LogP contribution in [-0.2, 0) is 0 Å². The van der Waals surface area contributed by atoms with E-state index in [1.54, 1.807) is 0 Å². The molecular weight excluding hydrogens is 292 g/mol. The number of aryl methyl sites for hydroxylation is 1. The molecule has 3 unspecified atom stereocenters. The quantitative estimate of drug-likeness (QED) is 0.839. The van der Waals surface area contributed by atoms with Crippen LogP contribution >= 0.6 is 15.9 Å². The Kier molecular flexibility index (Phi) is 6.33. The first-order valence-electron chi connectivity index (χ1n) is 6.57. The monoisotopic (exact) mass is 314 g/mol. The van der Waals surface area contributed by atoms with E-state index in [1.807, 2.05) is 6.92 Å². The molecule has 1 rings (SSSR count). The molecule has 0 bridgehead atoms. The van der Waals surface area contributed by atoms with E-state index in [0.717, 1.165) is 10.9 Å². The van der Waals surface area contributed by atoms with Gasteiger partial charge in [-0.1, -0.05) is 48.3 Å². The average molecular weight is 315 g/mol. The van der Waals surface area contributed by atoms with Gasteiger partial charge in [0.25, 0.3) is 0 Å². The molecular formula is C15H23BrO2. The number of aliphatic hydroxyl groups is 2. The van der Waals surface area contributed by atoms with Crippen LogP contribution in [0.2, 0.25) is 0 Å². The first-order chi connectivity index (χ1) is 8.45. The summed E-state index contributed by atoms with van der Waals surface area (Å²) in [5, 5.41) is 19.7. The molecule has 0 aliphatic heterocycles. The molecule has 2 N–H and O–H groups in total. The summed E-state index contributed by atoms with van der Waals surface area (Å²) in [7, 11) is 0. The third-order valence-corrected chi connectivity index (χ3v) is 4.24. The van der Waals surface area contributed by atoms with Gasteiger partial charge in [0.15, 0.2) is 0 Å². The van der Waals surface area contributed by atoms with E-state index in [1.165, 1.54) is 11.1 Å². The van der Waals surface area contributed by atoms with Crippen LogP contribution in [0.15, 0.2) is 22.7 Å². The second kappa shape index (κ2) is 7.27. The van der Waals surface area contributed by atoms with Gasteiger partial charge in [-0.3, -0.25) is 0 Å². The third kappa shape index (κ3) is 4.38. The Balaban J connectivity index is 2.64. The lowest BCUT2D eigenvalue weighted by Gasteiger charge is -2.21. The maximum Gasteiger partial charge on any atom is 0.0804 e. The van der Waals surface area contributed by atoms with E-state index < -0.39 is 12.2 Å². The lowest BCUT2D eigenvalue weighted by Crippen LogP contribution is -2.27. The Morgan fingerprint density at radius 1 is 1.22 bits per heavy atom. The summed E-state index contributed by atoms with van der Waals surface area (Å²) in [6.07, 6.45) is 0.900. The molecule has 1 aromatic rings. The van der Waals surface area contributed by atoms with Crippen LogP contribution in [0.3, 0.4) is 0 Å². The summed E-state index contributed by atoms with van der Waals surface area (Å²) in [5.41, 5.74) is 2.40. The van der Waals surface area contributed by atoms with Gasteiger partial charge in [0.05, 0.1) is 12.2 Å². The van der Waals surface area contributed by atoms with E-state index in [0.29, 0.717) is 12.8 Å². The highest BCUT2D eigenvalue weighted by molar-refractivity contribution is 9.10. The van der Waals surface area contributed by atoms with Crippen LogP contribution in [0.4, 0.5) is 0 Å². The van der Waals surface area contributed by atoms with Gasteiger partial charge in [-0.05, 0) is 42.9 Å². The molecule has 0 saturated heterocycles. The maximum absolute atomic E-state index is 9.94. The van der Waals surface area contributed by atoms with E-state index in [2.05, 4.69) is 48.0 Å². The number of halogens is 1. The highest BCUT2D eigenvalue weighted by atomic mass is 79.9. The molecule has 3 atom stereocenters. The fourth-order valence-electron chi connectivity index (χ4n) is 2.06. The van der Waals surface area contributed by atoms with E-state index >= 15 is 0 Å². The van der Waals surface area contributed by atoms with Crippen molar-refractivity contribution in [2.45, 2.75) is 58.2 Å². The Morgan fingerprint density at radius 2 is 1.89 bits per heavy atom. The molecule has 1 aromatic carbocycles. The van der Waals surface area contributed by atoms with Crippen molar-refractivity contribution in [1.29, 1.82) is 0 Å². The normalized spacial score (nSPS) is 16.3. The van der Waals surface area contributed by atoms with Crippen molar-refractivity contribution < 1.29 is 10.2 Å². The summed E-state index contributed by atoms with van der Waals surface area (Å²) < 4.78 is 1.09. The smallest absolute Gasteiger partial charge is 0.0804 e. The standard InChI is InChI=1S/C15H23BrO2/c1-4-5-14(17)15(18)8-11(3)12-7-6-10(2)13(16)9-12/h6-7,9,11,14-15,17-18H,4-5,8H2,1-3H3. The van der Waals surface area contributed by atoms with Crippen LogP contribution in [0.25, 0.3) is 0 Å². The number of hydrogen-bond donors (Lipinski definition) is 2. The summed E-state index contributed by atoms with van der Waals surface area (Å²) in [5.74, 6) is 0.239. The molecule has 102 valence electrons. The minimum Gasteiger partial charge on any atom is -0.390 e. The molecule has 0 fully saturated rings. The molecule has 3 heteroatoms. The van der Waals surface area contributed by atoms with Gasteiger partial charge >= 0.3 is 0 Å². The number of hydrogen-bond acceptors (Lipinski definition) is 2. The van der Waals surface area contributed by atoms with Crippen LogP contribution in [-0.4, -0.2) is 22.4 Å². The molecule has 0 aliphatic carbocycles. The van der Waals surface area contributed by atoms with Crippen LogP contribution in [0.5, 0.6) is 0 Å². The van der Waals surface area contributed by atoms with Crippen molar-refractivity contribution in [3.8, 4) is 0 Å². The third-order valence-electron chi connectivity index (χ3n) is 3.39. The Bertz CT molecular complexity index is 379. The fourth-order valence-corrected chi connectivity index (χ4v) is 2.46. The minimum absolute atomic E-state index is 0.239. The fraction of sp³-hybridized carbons (Fsp3) is 0.600. The minimum atomic E-state index is -0.639. The van der Waals surface area contributed by atoms with E-state index in [-0.39, 0.29) is 5.92 Å². The van der Waals surface area contributed by atoms with E-state index in [9.17, 15) is 10.2 Å². The van der Waals surface area contributed by atoms with E-state index in [4.69, 9.17) is 0 Å². The molecule has 0 saturated carbocycles. The number of rotatable bonds is 6. The lowest BCUT2D eigenvalue weighted by atomic mass is 9.91. The van der Waals surface area contributed by atoms with Gasteiger partial charge in [0.1, 0.15) is 0 Å². The molecule has 0 aliphatic rings. The number of benzene rings is 1. The molecule has 0 radical (unpaired) electrons.